The van der Waals surface area contributed by atoms with Crippen LogP contribution in [0.25, 0.3) is 0 Å². The summed E-state index contributed by atoms with van der Waals surface area (Å²) in [7, 11) is 0. The monoisotopic (exact) mass is 253 g/mol. The van der Waals surface area contributed by atoms with Crippen LogP contribution in [0, 0.1) is 17.6 Å². The van der Waals surface area contributed by atoms with E-state index in [1.807, 2.05) is 0 Å². The molecule has 1 fully saturated rings. The molecule has 1 saturated heterocycles. The average molecular weight is 253 g/mol. The molecule has 98 valence electrons. The standard InChI is InChI=1S/C14H17F2NO/c15-13-3-1-2-11(14(13)16)8-12(18)5-4-10-6-7-17-9-10/h1-3,10,17H,4-9H2. The number of benzene rings is 1. The van der Waals surface area contributed by atoms with E-state index in [0.717, 1.165) is 32.0 Å². The summed E-state index contributed by atoms with van der Waals surface area (Å²) in [6.45, 7) is 1.97. The van der Waals surface area contributed by atoms with Crippen LogP contribution in [0.1, 0.15) is 24.8 Å². The molecule has 1 N–H and O–H groups in total. The Hall–Kier alpha value is -1.29. The Morgan fingerprint density at radius 3 is 2.94 bits per heavy atom. The summed E-state index contributed by atoms with van der Waals surface area (Å²) in [6.07, 6.45) is 2.37. The zero-order valence-corrected chi connectivity index (χ0v) is 10.2. The third kappa shape index (κ3) is 3.35. The van der Waals surface area contributed by atoms with Crippen molar-refractivity contribution >= 4 is 5.78 Å². The minimum Gasteiger partial charge on any atom is -0.316 e. The maximum atomic E-state index is 13.4. The smallest absolute Gasteiger partial charge is 0.162 e. The second kappa shape index (κ2) is 6.05. The molecule has 0 radical (unpaired) electrons. The number of halogens is 2. The molecular weight excluding hydrogens is 236 g/mol. The summed E-state index contributed by atoms with van der Waals surface area (Å²) in [4.78, 5) is 11.7. The first kappa shape index (κ1) is 13.1. The van der Waals surface area contributed by atoms with E-state index >= 15 is 0 Å². The second-order valence-electron chi connectivity index (χ2n) is 4.83. The van der Waals surface area contributed by atoms with E-state index in [2.05, 4.69) is 5.32 Å². The number of nitrogens with one attached hydrogen (secondary N) is 1. The van der Waals surface area contributed by atoms with Crippen molar-refractivity contribution in [3.63, 3.8) is 0 Å². The fourth-order valence-electron chi connectivity index (χ4n) is 2.31. The van der Waals surface area contributed by atoms with Crippen molar-refractivity contribution in [3.8, 4) is 0 Å². The summed E-state index contributed by atoms with van der Waals surface area (Å²) in [5.74, 6) is -1.26. The zero-order valence-electron chi connectivity index (χ0n) is 10.2. The van der Waals surface area contributed by atoms with Crippen molar-refractivity contribution in [1.82, 2.24) is 5.32 Å². The van der Waals surface area contributed by atoms with Crippen LogP contribution in [-0.4, -0.2) is 18.9 Å². The Morgan fingerprint density at radius 2 is 2.22 bits per heavy atom. The Labute approximate surface area is 105 Å². The van der Waals surface area contributed by atoms with Crippen molar-refractivity contribution in [2.75, 3.05) is 13.1 Å². The van der Waals surface area contributed by atoms with Gasteiger partial charge in [-0.2, -0.15) is 0 Å². The maximum Gasteiger partial charge on any atom is 0.162 e. The van der Waals surface area contributed by atoms with E-state index in [0.29, 0.717) is 12.3 Å². The van der Waals surface area contributed by atoms with Gasteiger partial charge in [0, 0.05) is 12.8 Å². The summed E-state index contributed by atoms with van der Waals surface area (Å²) in [5, 5.41) is 3.24. The molecule has 0 spiro atoms. The fourth-order valence-corrected chi connectivity index (χ4v) is 2.31. The molecule has 1 aromatic carbocycles. The SMILES string of the molecule is O=C(CCC1CCNC1)Cc1cccc(F)c1F. The molecule has 1 unspecified atom stereocenters. The van der Waals surface area contributed by atoms with Gasteiger partial charge in [-0.3, -0.25) is 4.79 Å². The number of ketones is 1. The molecule has 0 bridgehead atoms. The van der Waals surface area contributed by atoms with Crippen LogP contribution in [0.2, 0.25) is 0 Å². The third-order valence-corrected chi connectivity index (χ3v) is 3.41. The summed E-state index contributed by atoms with van der Waals surface area (Å²) in [5.41, 5.74) is 0.157. The highest BCUT2D eigenvalue weighted by Gasteiger charge is 2.17. The van der Waals surface area contributed by atoms with Gasteiger partial charge < -0.3 is 5.32 Å². The number of carbonyl (C=O) groups is 1. The Bertz CT molecular complexity index is 428. The fraction of sp³-hybridized carbons (Fsp3) is 0.500. The van der Waals surface area contributed by atoms with E-state index < -0.39 is 11.6 Å². The molecule has 4 heteroatoms. The van der Waals surface area contributed by atoms with Crippen molar-refractivity contribution in [2.24, 2.45) is 5.92 Å². The van der Waals surface area contributed by atoms with Gasteiger partial charge in [-0.15, -0.1) is 0 Å². The van der Waals surface area contributed by atoms with E-state index in [9.17, 15) is 13.6 Å². The maximum absolute atomic E-state index is 13.4. The lowest BCUT2D eigenvalue weighted by atomic mass is 9.98. The summed E-state index contributed by atoms with van der Waals surface area (Å²) >= 11 is 0. The normalized spacial score (nSPS) is 19.1. The van der Waals surface area contributed by atoms with Crippen molar-refractivity contribution in [1.29, 1.82) is 0 Å². The first-order valence-corrected chi connectivity index (χ1v) is 6.32. The van der Waals surface area contributed by atoms with Crippen LogP contribution in [0.15, 0.2) is 18.2 Å². The molecule has 1 aromatic rings. The van der Waals surface area contributed by atoms with Crippen LogP contribution in [0.4, 0.5) is 8.78 Å². The first-order valence-electron chi connectivity index (χ1n) is 6.32. The molecule has 2 rings (SSSR count). The molecular formula is C14H17F2NO. The summed E-state index contributed by atoms with van der Waals surface area (Å²) < 4.78 is 26.3. The molecule has 0 aromatic heterocycles. The lowest BCUT2D eigenvalue weighted by Gasteiger charge is -2.07. The van der Waals surface area contributed by atoms with E-state index in [1.165, 1.54) is 12.1 Å². The second-order valence-corrected chi connectivity index (χ2v) is 4.83. The minimum absolute atomic E-state index is 0.0102. The van der Waals surface area contributed by atoms with Gasteiger partial charge in [0.15, 0.2) is 11.6 Å². The van der Waals surface area contributed by atoms with Gasteiger partial charge in [0.1, 0.15) is 5.78 Å². The predicted octanol–water partition coefficient (Wildman–Crippen LogP) is 2.47. The average Bonchev–Trinajstić information content (AvgIpc) is 2.86. The predicted molar refractivity (Wildman–Crippen MR) is 65.3 cm³/mol. The van der Waals surface area contributed by atoms with Crippen molar-refractivity contribution < 1.29 is 13.6 Å². The highest BCUT2D eigenvalue weighted by Crippen LogP contribution is 2.17. The zero-order chi connectivity index (χ0) is 13.0. The number of Topliss-reactive ketones (excluding diaryl/α,β-unsaturated/α-hetero) is 1. The molecule has 1 atom stereocenters. The van der Waals surface area contributed by atoms with Crippen LogP contribution in [0.5, 0.6) is 0 Å². The molecule has 0 saturated carbocycles. The minimum atomic E-state index is -0.895. The lowest BCUT2D eigenvalue weighted by Crippen LogP contribution is -2.11. The molecule has 1 heterocycles. The van der Waals surface area contributed by atoms with Gasteiger partial charge in [-0.05, 0) is 43.5 Å². The highest BCUT2D eigenvalue weighted by molar-refractivity contribution is 5.80. The van der Waals surface area contributed by atoms with E-state index in [1.54, 1.807) is 0 Å². The highest BCUT2D eigenvalue weighted by atomic mass is 19.2. The van der Waals surface area contributed by atoms with Gasteiger partial charge >= 0.3 is 0 Å². The topological polar surface area (TPSA) is 29.1 Å². The molecule has 1 aliphatic heterocycles. The van der Waals surface area contributed by atoms with E-state index in [-0.39, 0.29) is 17.8 Å². The van der Waals surface area contributed by atoms with Gasteiger partial charge in [-0.1, -0.05) is 12.1 Å². The number of carbonyl (C=O) groups excluding carboxylic acids is 1. The molecule has 2 nitrogen and oxygen atoms in total. The van der Waals surface area contributed by atoms with Crippen LogP contribution in [0.3, 0.4) is 0 Å². The quantitative estimate of drug-likeness (QED) is 0.873. The lowest BCUT2D eigenvalue weighted by molar-refractivity contribution is -0.118. The number of rotatable bonds is 5. The van der Waals surface area contributed by atoms with Crippen LogP contribution >= 0.6 is 0 Å². The van der Waals surface area contributed by atoms with Crippen molar-refractivity contribution in [3.05, 3.63) is 35.4 Å². The summed E-state index contributed by atoms with van der Waals surface area (Å²) in [6, 6.07) is 3.96. The molecule has 0 amide bonds. The largest absolute Gasteiger partial charge is 0.316 e. The van der Waals surface area contributed by atoms with Crippen molar-refractivity contribution in [2.45, 2.75) is 25.7 Å². The van der Waals surface area contributed by atoms with Crippen LogP contribution in [-0.2, 0) is 11.2 Å². The Kier molecular flexibility index (Phi) is 4.42. The molecule has 0 aliphatic carbocycles. The first-order chi connectivity index (χ1) is 8.66. The van der Waals surface area contributed by atoms with Gasteiger partial charge in [0.2, 0.25) is 0 Å². The van der Waals surface area contributed by atoms with Crippen LogP contribution < -0.4 is 5.32 Å². The molecule has 18 heavy (non-hydrogen) atoms. The number of hydrogen-bond donors (Lipinski definition) is 1. The number of hydrogen-bond acceptors (Lipinski definition) is 2. The Balaban J connectivity index is 1.84. The van der Waals surface area contributed by atoms with Gasteiger partial charge in [0.25, 0.3) is 0 Å². The van der Waals surface area contributed by atoms with Gasteiger partial charge in [0.05, 0.1) is 0 Å². The molecule has 1 aliphatic rings. The van der Waals surface area contributed by atoms with Gasteiger partial charge in [-0.25, -0.2) is 8.78 Å². The Morgan fingerprint density at radius 1 is 1.39 bits per heavy atom. The third-order valence-electron chi connectivity index (χ3n) is 3.41. The van der Waals surface area contributed by atoms with E-state index in [4.69, 9.17) is 0 Å².